The Balaban J connectivity index is 1.99. The topological polar surface area (TPSA) is 108 Å². The number of fused-ring (bicyclic) bond motifs is 1. The Labute approximate surface area is 189 Å². The Morgan fingerprint density at radius 3 is 2.53 bits per heavy atom. The number of aliphatic hydroxyl groups excluding tert-OH is 1. The fourth-order valence-corrected chi connectivity index (χ4v) is 4.71. The number of aliphatic hydroxyl groups is 1. The fourth-order valence-electron chi connectivity index (χ4n) is 3.66. The molecular formula is C23H31N3O5S. The molecule has 1 amide bonds. The normalized spacial score (nSPS) is 20.0. The molecule has 3 N–H and O–H groups in total. The fraction of sp³-hybridized carbons (Fsp3) is 0.435. The summed E-state index contributed by atoms with van der Waals surface area (Å²) in [6.45, 7) is 6.48. The van der Waals surface area contributed by atoms with Crippen molar-refractivity contribution in [3.8, 4) is 5.75 Å². The van der Waals surface area contributed by atoms with Crippen LogP contribution in [0.3, 0.4) is 0 Å². The van der Waals surface area contributed by atoms with Gasteiger partial charge >= 0.3 is 0 Å². The zero-order valence-corrected chi connectivity index (χ0v) is 19.6. The minimum atomic E-state index is -3.82. The molecule has 1 aliphatic heterocycles. The number of ether oxygens (including phenoxy) is 1. The highest BCUT2D eigenvalue weighted by Gasteiger charge is 2.33. The number of anilines is 1. The number of amides is 1. The summed E-state index contributed by atoms with van der Waals surface area (Å²) in [6, 6.07) is 10.8. The number of nitrogens with one attached hydrogen (secondary N) is 2. The number of sulfonamides is 1. The van der Waals surface area contributed by atoms with Gasteiger partial charge in [-0.3, -0.25) is 9.52 Å². The largest absolute Gasteiger partial charge is 0.488 e. The van der Waals surface area contributed by atoms with E-state index in [1.165, 1.54) is 18.2 Å². The highest BCUT2D eigenvalue weighted by molar-refractivity contribution is 7.92. The smallest absolute Gasteiger partial charge is 0.261 e. The monoisotopic (exact) mass is 461 g/mol. The number of nitrogens with zero attached hydrogens (tertiary/aromatic N) is 1. The summed E-state index contributed by atoms with van der Waals surface area (Å²) in [6.07, 6.45) is -0.199. The summed E-state index contributed by atoms with van der Waals surface area (Å²) >= 11 is 0. The van der Waals surface area contributed by atoms with E-state index < -0.39 is 10.0 Å². The first-order chi connectivity index (χ1) is 15.2. The molecule has 3 atom stereocenters. The second kappa shape index (κ2) is 9.89. The van der Waals surface area contributed by atoms with Gasteiger partial charge in [0.2, 0.25) is 0 Å². The Morgan fingerprint density at radius 1 is 1.22 bits per heavy atom. The molecule has 1 aliphatic rings. The molecule has 0 aromatic heterocycles. The summed E-state index contributed by atoms with van der Waals surface area (Å²) in [4.78, 5) is 15.1. The average Bonchev–Trinajstić information content (AvgIpc) is 2.76. The van der Waals surface area contributed by atoms with Crippen LogP contribution in [0.5, 0.6) is 5.75 Å². The first-order valence-corrected chi connectivity index (χ1v) is 12.1. The molecule has 0 radical (unpaired) electrons. The Kier molecular flexibility index (Phi) is 7.43. The maximum Gasteiger partial charge on any atom is 0.261 e. The Morgan fingerprint density at radius 2 is 1.91 bits per heavy atom. The van der Waals surface area contributed by atoms with Gasteiger partial charge in [0.25, 0.3) is 15.9 Å². The molecule has 2 aromatic carbocycles. The number of rotatable bonds is 7. The van der Waals surface area contributed by atoms with E-state index in [9.17, 15) is 18.3 Å². The predicted octanol–water partition coefficient (Wildman–Crippen LogP) is 2.24. The lowest BCUT2D eigenvalue weighted by molar-refractivity contribution is 0.0416. The third kappa shape index (κ3) is 5.23. The number of carbonyl (C=O) groups excluding carboxylic acids is 1. The molecule has 0 fully saturated rings. The van der Waals surface area contributed by atoms with E-state index in [1.54, 1.807) is 36.1 Å². The molecule has 0 spiro atoms. The number of hydrogen-bond acceptors (Lipinski definition) is 6. The second-order valence-corrected chi connectivity index (χ2v) is 9.99. The van der Waals surface area contributed by atoms with Crippen LogP contribution in [0.15, 0.2) is 47.4 Å². The molecular weight excluding hydrogens is 430 g/mol. The van der Waals surface area contributed by atoms with Crippen molar-refractivity contribution in [3.63, 3.8) is 0 Å². The number of carbonyl (C=O) groups is 1. The summed E-state index contributed by atoms with van der Waals surface area (Å²) in [5, 5.41) is 12.8. The van der Waals surface area contributed by atoms with E-state index in [4.69, 9.17) is 4.74 Å². The SMILES string of the molecule is CNC[C@@H]1Oc2ccc(NS(=O)(=O)c3ccc(C)cc3)cc2C(=O)N([C@H](C)CO)C[C@@H]1C. The molecule has 2 aromatic rings. The molecule has 0 unspecified atom stereocenters. The molecule has 9 heteroatoms. The number of benzene rings is 2. The predicted molar refractivity (Wildman–Crippen MR) is 124 cm³/mol. The van der Waals surface area contributed by atoms with Crippen molar-refractivity contribution in [1.82, 2.24) is 10.2 Å². The van der Waals surface area contributed by atoms with Crippen molar-refractivity contribution in [3.05, 3.63) is 53.6 Å². The number of hydrogen-bond donors (Lipinski definition) is 3. The number of aryl methyl sites for hydroxylation is 1. The third-order valence-electron chi connectivity index (χ3n) is 5.65. The third-order valence-corrected chi connectivity index (χ3v) is 7.05. The molecule has 0 bridgehead atoms. The van der Waals surface area contributed by atoms with E-state index in [0.717, 1.165) is 5.56 Å². The lowest BCUT2D eigenvalue weighted by atomic mass is 9.99. The first-order valence-electron chi connectivity index (χ1n) is 10.6. The maximum atomic E-state index is 13.4. The molecule has 0 aliphatic carbocycles. The number of likely N-dealkylation sites (N-methyl/N-ethyl adjacent to an activating group) is 1. The van der Waals surface area contributed by atoms with Crippen LogP contribution in [0.1, 0.15) is 29.8 Å². The molecule has 1 heterocycles. The van der Waals surface area contributed by atoms with Gasteiger partial charge in [-0.2, -0.15) is 0 Å². The van der Waals surface area contributed by atoms with Crippen molar-refractivity contribution in [1.29, 1.82) is 0 Å². The highest BCUT2D eigenvalue weighted by Crippen LogP contribution is 2.31. The van der Waals surface area contributed by atoms with Gasteiger partial charge in [0, 0.05) is 24.7 Å². The highest BCUT2D eigenvalue weighted by atomic mass is 32.2. The van der Waals surface area contributed by atoms with Crippen molar-refractivity contribution in [2.75, 3.05) is 31.5 Å². The molecule has 0 saturated heterocycles. The van der Waals surface area contributed by atoms with Gasteiger partial charge in [0.15, 0.2) is 0 Å². The van der Waals surface area contributed by atoms with Crippen LogP contribution in [0.2, 0.25) is 0 Å². The van der Waals surface area contributed by atoms with Gasteiger partial charge in [-0.25, -0.2) is 8.42 Å². The van der Waals surface area contributed by atoms with Crippen molar-refractivity contribution in [2.45, 2.75) is 37.8 Å². The first kappa shape index (κ1) is 24.0. The van der Waals surface area contributed by atoms with E-state index >= 15 is 0 Å². The van der Waals surface area contributed by atoms with Crippen LogP contribution in [0, 0.1) is 12.8 Å². The van der Waals surface area contributed by atoms with Crippen molar-refractivity contribution < 1.29 is 23.1 Å². The van der Waals surface area contributed by atoms with Crippen LogP contribution in [0.4, 0.5) is 5.69 Å². The van der Waals surface area contributed by atoms with Crippen LogP contribution >= 0.6 is 0 Å². The minimum Gasteiger partial charge on any atom is -0.488 e. The summed E-state index contributed by atoms with van der Waals surface area (Å²) in [7, 11) is -1.99. The molecule has 0 saturated carbocycles. The summed E-state index contributed by atoms with van der Waals surface area (Å²) in [5.41, 5.74) is 1.47. The molecule has 32 heavy (non-hydrogen) atoms. The zero-order valence-electron chi connectivity index (χ0n) is 18.8. The molecule has 174 valence electrons. The van der Waals surface area contributed by atoms with Crippen LogP contribution in [-0.4, -0.2) is 63.2 Å². The second-order valence-electron chi connectivity index (χ2n) is 8.31. The van der Waals surface area contributed by atoms with E-state index in [-0.39, 0.29) is 46.7 Å². The van der Waals surface area contributed by atoms with Crippen molar-refractivity contribution >= 4 is 21.6 Å². The lowest BCUT2D eigenvalue weighted by Gasteiger charge is -2.37. The van der Waals surface area contributed by atoms with Gasteiger partial charge in [0.05, 0.1) is 23.1 Å². The summed E-state index contributed by atoms with van der Waals surface area (Å²) < 4.78 is 34.3. The van der Waals surface area contributed by atoms with Gasteiger partial charge in [0.1, 0.15) is 11.9 Å². The van der Waals surface area contributed by atoms with E-state index in [2.05, 4.69) is 10.0 Å². The molecule has 3 rings (SSSR count). The van der Waals surface area contributed by atoms with Crippen LogP contribution in [0.25, 0.3) is 0 Å². The van der Waals surface area contributed by atoms with Crippen molar-refractivity contribution in [2.24, 2.45) is 5.92 Å². The summed E-state index contributed by atoms with van der Waals surface area (Å²) in [5.74, 6) is 0.0937. The van der Waals surface area contributed by atoms with E-state index in [1.807, 2.05) is 20.9 Å². The van der Waals surface area contributed by atoms with Gasteiger partial charge in [-0.05, 0) is 51.2 Å². The Bertz CT molecular complexity index is 1060. The lowest BCUT2D eigenvalue weighted by Crippen LogP contribution is -2.49. The van der Waals surface area contributed by atoms with Gasteiger partial charge < -0.3 is 20.1 Å². The van der Waals surface area contributed by atoms with Crippen LogP contribution in [-0.2, 0) is 10.0 Å². The van der Waals surface area contributed by atoms with Gasteiger partial charge in [-0.15, -0.1) is 0 Å². The van der Waals surface area contributed by atoms with E-state index in [0.29, 0.717) is 18.8 Å². The minimum absolute atomic E-state index is 0.0215. The van der Waals surface area contributed by atoms with Gasteiger partial charge in [-0.1, -0.05) is 24.6 Å². The average molecular weight is 462 g/mol. The quantitative estimate of drug-likeness (QED) is 0.584. The Hall–Kier alpha value is -2.62. The maximum absolute atomic E-state index is 13.4. The zero-order chi connectivity index (χ0) is 23.5. The standard InChI is InChI=1S/C23H31N3O5S/c1-15-5-8-19(9-6-15)32(29,30)25-18-7-10-21-20(11-18)23(28)26(17(3)14-27)13-16(2)22(31-21)12-24-4/h5-11,16-17,22,24-25,27H,12-14H2,1-4H3/t16-,17+,22-/m0/s1. The van der Waals surface area contributed by atoms with Crippen LogP contribution < -0.4 is 14.8 Å². The molecule has 8 nitrogen and oxygen atoms in total.